The van der Waals surface area contributed by atoms with E-state index in [2.05, 4.69) is 21.4 Å². The fourth-order valence-electron chi connectivity index (χ4n) is 2.31. The van der Waals surface area contributed by atoms with Crippen molar-refractivity contribution in [3.63, 3.8) is 0 Å². The van der Waals surface area contributed by atoms with Gasteiger partial charge in [0.05, 0.1) is 18.4 Å². The lowest BCUT2D eigenvalue weighted by atomic mass is 10.1. The second-order valence-corrected chi connectivity index (χ2v) is 4.62. The predicted molar refractivity (Wildman–Crippen MR) is 74.1 cm³/mol. The number of hydrogen-bond acceptors (Lipinski definition) is 5. The van der Waals surface area contributed by atoms with Gasteiger partial charge >= 0.3 is 0 Å². The molecule has 20 heavy (non-hydrogen) atoms. The molecule has 0 aliphatic carbocycles. The van der Waals surface area contributed by atoms with Crippen LogP contribution in [0.3, 0.4) is 0 Å². The molecule has 0 amide bonds. The Kier molecular flexibility index (Phi) is 3.32. The highest BCUT2D eigenvalue weighted by molar-refractivity contribution is 5.61. The SMILES string of the molecule is COc1ccc(-c2ncc3c(n2)CCNC3)cc1C#N. The maximum atomic E-state index is 9.13. The van der Waals surface area contributed by atoms with Crippen LogP contribution in [0.15, 0.2) is 24.4 Å². The lowest BCUT2D eigenvalue weighted by Crippen LogP contribution is -2.24. The van der Waals surface area contributed by atoms with Gasteiger partial charge in [-0.15, -0.1) is 0 Å². The van der Waals surface area contributed by atoms with Crippen LogP contribution in [0.25, 0.3) is 11.4 Å². The summed E-state index contributed by atoms with van der Waals surface area (Å²) in [4.78, 5) is 9.00. The van der Waals surface area contributed by atoms with Crippen molar-refractivity contribution in [1.82, 2.24) is 15.3 Å². The van der Waals surface area contributed by atoms with Crippen LogP contribution >= 0.6 is 0 Å². The van der Waals surface area contributed by atoms with E-state index in [0.717, 1.165) is 36.3 Å². The molecule has 3 rings (SSSR count). The average molecular weight is 266 g/mol. The van der Waals surface area contributed by atoms with Crippen molar-refractivity contribution in [3.05, 3.63) is 41.2 Å². The fourth-order valence-corrected chi connectivity index (χ4v) is 2.31. The second-order valence-electron chi connectivity index (χ2n) is 4.62. The quantitative estimate of drug-likeness (QED) is 0.895. The zero-order chi connectivity index (χ0) is 13.9. The zero-order valence-corrected chi connectivity index (χ0v) is 11.2. The van der Waals surface area contributed by atoms with Gasteiger partial charge in [0, 0.05) is 36.8 Å². The number of benzene rings is 1. The third kappa shape index (κ3) is 2.22. The van der Waals surface area contributed by atoms with Crippen molar-refractivity contribution < 1.29 is 4.74 Å². The van der Waals surface area contributed by atoms with E-state index >= 15 is 0 Å². The molecule has 0 fully saturated rings. The molecule has 2 aromatic rings. The lowest BCUT2D eigenvalue weighted by molar-refractivity contribution is 0.413. The van der Waals surface area contributed by atoms with Crippen molar-refractivity contribution in [2.45, 2.75) is 13.0 Å². The Morgan fingerprint density at radius 3 is 3.10 bits per heavy atom. The van der Waals surface area contributed by atoms with Gasteiger partial charge < -0.3 is 10.1 Å². The summed E-state index contributed by atoms with van der Waals surface area (Å²) in [5.74, 6) is 1.23. The minimum Gasteiger partial charge on any atom is -0.495 e. The van der Waals surface area contributed by atoms with Gasteiger partial charge in [-0.2, -0.15) is 5.26 Å². The standard InChI is InChI=1S/C15H14N4O/c1-20-14-3-2-10(6-11(14)7-16)15-18-9-12-8-17-5-4-13(12)19-15/h2-3,6,9,17H,4-5,8H2,1H3. The average Bonchev–Trinajstić information content (AvgIpc) is 2.53. The Labute approximate surface area is 117 Å². The molecule has 0 unspecified atom stereocenters. The number of nitrogens with zero attached hydrogens (tertiary/aromatic N) is 3. The monoisotopic (exact) mass is 266 g/mol. The Hall–Kier alpha value is -2.45. The molecule has 1 aliphatic heterocycles. The first kappa shape index (κ1) is 12.6. The molecular weight excluding hydrogens is 252 g/mol. The second kappa shape index (κ2) is 5.27. The molecule has 1 aromatic carbocycles. The molecule has 0 atom stereocenters. The van der Waals surface area contributed by atoms with E-state index in [9.17, 15) is 0 Å². The first-order chi connectivity index (χ1) is 9.81. The van der Waals surface area contributed by atoms with E-state index in [1.807, 2.05) is 12.3 Å². The molecule has 0 spiro atoms. The summed E-state index contributed by atoms with van der Waals surface area (Å²) in [6.45, 7) is 1.76. The maximum Gasteiger partial charge on any atom is 0.159 e. The first-order valence-corrected chi connectivity index (χ1v) is 6.46. The van der Waals surface area contributed by atoms with E-state index < -0.39 is 0 Å². The smallest absolute Gasteiger partial charge is 0.159 e. The number of rotatable bonds is 2. The molecule has 1 aromatic heterocycles. The Bertz CT molecular complexity index is 691. The first-order valence-electron chi connectivity index (χ1n) is 6.46. The Morgan fingerprint density at radius 1 is 1.40 bits per heavy atom. The summed E-state index contributed by atoms with van der Waals surface area (Å²) in [6, 6.07) is 7.55. The molecule has 0 saturated heterocycles. The summed E-state index contributed by atoms with van der Waals surface area (Å²) in [7, 11) is 1.55. The predicted octanol–water partition coefficient (Wildman–Crippen LogP) is 1.67. The van der Waals surface area contributed by atoms with Gasteiger partial charge in [-0.3, -0.25) is 0 Å². The van der Waals surface area contributed by atoms with Crippen LogP contribution in [0, 0.1) is 11.3 Å². The van der Waals surface area contributed by atoms with Gasteiger partial charge in [0.15, 0.2) is 5.82 Å². The van der Waals surface area contributed by atoms with Crippen LogP contribution in [0.2, 0.25) is 0 Å². The fraction of sp³-hybridized carbons (Fsp3) is 0.267. The number of nitriles is 1. The lowest BCUT2D eigenvalue weighted by Gasteiger charge is -2.16. The highest BCUT2D eigenvalue weighted by Gasteiger charge is 2.13. The minimum absolute atomic E-state index is 0.494. The van der Waals surface area contributed by atoms with E-state index in [-0.39, 0.29) is 0 Å². The third-order valence-corrected chi connectivity index (χ3v) is 3.39. The summed E-state index contributed by atoms with van der Waals surface area (Å²) >= 11 is 0. The summed E-state index contributed by atoms with van der Waals surface area (Å²) < 4.78 is 5.15. The van der Waals surface area contributed by atoms with Crippen molar-refractivity contribution >= 4 is 0 Å². The number of fused-ring (bicyclic) bond motifs is 1. The van der Waals surface area contributed by atoms with E-state index in [4.69, 9.17) is 10.00 Å². The van der Waals surface area contributed by atoms with Gasteiger partial charge in [0.2, 0.25) is 0 Å². The maximum absolute atomic E-state index is 9.13. The highest BCUT2D eigenvalue weighted by atomic mass is 16.5. The number of ether oxygens (including phenoxy) is 1. The Morgan fingerprint density at radius 2 is 2.30 bits per heavy atom. The van der Waals surface area contributed by atoms with Crippen LogP contribution in [0.4, 0.5) is 0 Å². The third-order valence-electron chi connectivity index (χ3n) is 3.39. The largest absolute Gasteiger partial charge is 0.495 e. The molecule has 5 nitrogen and oxygen atoms in total. The molecule has 1 N–H and O–H groups in total. The molecular formula is C15H14N4O. The molecule has 0 radical (unpaired) electrons. The number of nitrogens with one attached hydrogen (secondary N) is 1. The van der Waals surface area contributed by atoms with Crippen molar-refractivity contribution in [3.8, 4) is 23.2 Å². The number of hydrogen-bond donors (Lipinski definition) is 1. The Balaban J connectivity index is 2.03. The summed E-state index contributed by atoms with van der Waals surface area (Å²) in [5, 5.41) is 12.4. The van der Waals surface area contributed by atoms with Crippen LogP contribution in [-0.2, 0) is 13.0 Å². The highest BCUT2D eigenvalue weighted by Crippen LogP contribution is 2.25. The molecule has 2 heterocycles. The molecule has 0 saturated carbocycles. The normalized spacial score (nSPS) is 13.4. The van der Waals surface area contributed by atoms with Crippen molar-refractivity contribution in [2.24, 2.45) is 0 Å². The number of methoxy groups -OCH3 is 1. The molecule has 5 heteroatoms. The minimum atomic E-state index is 0.494. The van der Waals surface area contributed by atoms with Crippen LogP contribution in [0.5, 0.6) is 5.75 Å². The van der Waals surface area contributed by atoms with Gasteiger partial charge in [0.1, 0.15) is 11.8 Å². The zero-order valence-electron chi connectivity index (χ0n) is 11.2. The van der Waals surface area contributed by atoms with Crippen LogP contribution in [0.1, 0.15) is 16.8 Å². The summed E-state index contributed by atoms with van der Waals surface area (Å²) in [6.07, 6.45) is 2.77. The molecule has 100 valence electrons. The van der Waals surface area contributed by atoms with Crippen molar-refractivity contribution in [2.75, 3.05) is 13.7 Å². The van der Waals surface area contributed by atoms with E-state index in [0.29, 0.717) is 17.1 Å². The number of aromatic nitrogens is 2. The summed E-state index contributed by atoms with van der Waals surface area (Å²) in [5.41, 5.74) is 3.56. The van der Waals surface area contributed by atoms with Crippen molar-refractivity contribution in [1.29, 1.82) is 5.26 Å². The van der Waals surface area contributed by atoms with Gasteiger partial charge in [0.25, 0.3) is 0 Å². The molecule has 1 aliphatic rings. The van der Waals surface area contributed by atoms with Crippen LogP contribution < -0.4 is 10.1 Å². The van der Waals surface area contributed by atoms with E-state index in [1.165, 1.54) is 0 Å². The van der Waals surface area contributed by atoms with Crippen LogP contribution in [-0.4, -0.2) is 23.6 Å². The van der Waals surface area contributed by atoms with Gasteiger partial charge in [-0.25, -0.2) is 9.97 Å². The van der Waals surface area contributed by atoms with Gasteiger partial charge in [-0.05, 0) is 18.2 Å². The van der Waals surface area contributed by atoms with Gasteiger partial charge in [-0.1, -0.05) is 0 Å². The molecule has 0 bridgehead atoms. The topological polar surface area (TPSA) is 70.8 Å². The van der Waals surface area contributed by atoms with E-state index in [1.54, 1.807) is 19.2 Å².